The van der Waals surface area contributed by atoms with Crippen LogP contribution in [0.1, 0.15) is 15.9 Å². The van der Waals surface area contributed by atoms with Gasteiger partial charge in [-0.2, -0.15) is 5.10 Å². The molecular weight excluding hydrogens is 389 g/mol. The van der Waals surface area contributed by atoms with Gasteiger partial charge in [0.05, 0.1) is 11.4 Å². The molecular formula is C23H17ClFN3O. The molecule has 1 aromatic heterocycles. The van der Waals surface area contributed by atoms with Crippen LogP contribution in [0.15, 0.2) is 78.9 Å². The summed E-state index contributed by atoms with van der Waals surface area (Å²) >= 11 is 5.98. The number of hydrogen-bond acceptors (Lipinski definition) is 2. The zero-order chi connectivity index (χ0) is 20.4. The normalized spacial score (nSPS) is 10.7. The molecule has 0 spiro atoms. The third-order valence-electron chi connectivity index (χ3n) is 4.46. The van der Waals surface area contributed by atoms with Crippen molar-refractivity contribution in [3.05, 3.63) is 101 Å². The first-order valence-electron chi connectivity index (χ1n) is 8.99. The van der Waals surface area contributed by atoms with Gasteiger partial charge < -0.3 is 5.32 Å². The van der Waals surface area contributed by atoms with Crippen molar-refractivity contribution in [3.8, 4) is 16.9 Å². The minimum atomic E-state index is -0.466. The van der Waals surface area contributed by atoms with E-state index in [2.05, 4.69) is 10.4 Å². The molecule has 0 aliphatic rings. The molecule has 0 fully saturated rings. The Kier molecular flexibility index (Phi) is 5.14. The summed E-state index contributed by atoms with van der Waals surface area (Å²) < 4.78 is 15.2. The molecule has 0 saturated heterocycles. The topological polar surface area (TPSA) is 46.9 Å². The van der Waals surface area contributed by atoms with Crippen LogP contribution in [0.4, 0.5) is 10.2 Å². The standard InChI is InChI=1S/C23H17ClFN3O/c1-15-5-11-20(12-6-15)28-22(26-23(29)17-3-2-4-19(25)13-17)14-21(27-28)16-7-9-18(24)10-8-16/h2-14H,1H3,(H,26,29). The summed E-state index contributed by atoms with van der Waals surface area (Å²) in [6.07, 6.45) is 0. The van der Waals surface area contributed by atoms with Crippen LogP contribution in [0.5, 0.6) is 0 Å². The summed E-state index contributed by atoms with van der Waals surface area (Å²) in [5.74, 6) is -0.403. The maximum Gasteiger partial charge on any atom is 0.256 e. The lowest BCUT2D eigenvalue weighted by Crippen LogP contribution is -2.15. The Labute approximate surface area is 172 Å². The molecule has 0 saturated carbocycles. The van der Waals surface area contributed by atoms with Gasteiger partial charge in [-0.15, -0.1) is 0 Å². The molecule has 0 radical (unpaired) electrons. The van der Waals surface area contributed by atoms with E-state index < -0.39 is 11.7 Å². The highest BCUT2D eigenvalue weighted by molar-refractivity contribution is 6.30. The third-order valence-corrected chi connectivity index (χ3v) is 4.71. The van der Waals surface area contributed by atoms with E-state index in [1.165, 1.54) is 18.2 Å². The number of anilines is 1. The van der Waals surface area contributed by atoms with Crippen LogP contribution in [0.2, 0.25) is 5.02 Å². The summed E-state index contributed by atoms with van der Waals surface area (Å²) in [4.78, 5) is 12.7. The first-order valence-corrected chi connectivity index (χ1v) is 9.37. The van der Waals surface area contributed by atoms with Crippen molar-refractivity contribution >= 4 is 23.3 Å². The van der Waals surface area contributed by atoms with Crippen molar-refractivity contribution in [1.82, 2.24) is 9.78 Å². The van der Waals surface area contributed by atoms with E-state index in [1.807, 2.05) is 43.3 Å². The smallest absolute Gasteiger partial charge is 0.256 e. The van der Waals surface area contributed by atoms with Gasteiger partial charge >= 0.3 is 0 Å². The Morgan fingerprint density at radius 2 is 1.72 bits per heavy atom. The summed E-state index contributed by atoms with van der Waals surface area (Å²) in [5.41, 5.74) is 3.68. The average molecular weight is 406 g/mol. The zero-order valence-corrected chi connectivity index (χ0v) is 16.3. The van der Waals surface area contributed by atoms with Gasteiger partial charge in [-0.25, -0.2) is 9.07 Å². The predicted molar refractivity (Wildman–Crippen MR) is 113 cm³/mol. The number of amides is 1. The number of aryl methyl sites for hydroxylation is 1. The second-order valence-corrected chi connectivity index (χ2v) is 7.07. The summed E-state index contributed by atoms with van der Waals surface area (Å²) in [6, 6.07) is 22.4. The SMILES string of the molecule is Cc1ccc(-n2nc(-c3ccc(Cl)cc3)cc2NC(=O)c2cccc(F)c2)cc1. The van der Waals surface area contributed by atoms with Gasteiger partial charge in [-0.3, -0.25) is 4.79 Å². The monoisotopic (exact) mass is 405 g/mol. The molecule has 0 unspecified atom stereocenters. The van der Waals surface area contributed by atoms with Crippen molar-refractivity contribution in [1.29, 1.82) is 0 Å². The molecule has 1 N–H and O–H groups in total. The quantitative estimate of drug-likeness (QED) is 0.460. The molecule has 29 heavy (non-hydrogen) atoms. The predicted octanol–water partition coefficient (Wildman–Crippen LogP) is 5.89. The summed E-state index contributed by atoms with van der Waals surface area (Å²) in [6.45, 7) is 2.00. The van der Waals surface area contributed by atoms with E-state index in [-0.39, 0.29) is 5.56 Å². The van der Waals surface area contributed by atoms with Crippen LogP contribution < -0.4 is 5.32 Å². The lowest BCUT2D eigenvalue weighted by atomic mass is 10.1. The van der Waals surface area contributed by atoms with Crippen LogP contribution in [-0.4, -0.2) is 15.7 Å². The van der Waals surface area contributed by atoms with Crippen molar-refractivity contribution < 1.29 is 9.18 Å². The summed E-state index contributed by atoms with van der Waals surface area (Å²) in [5, 5.41) is 8.13. The van der Waals surface area contributed by atoms with E-state index in [1.54, 1.807) is 28.9 Å². The van der Waals surface area contributed by atoms with Gasteiger partial charge in [0.25, 0.3) is 5.91 Å². The summed E-state index contributed by atoms with van der Waals surface area (Å²) in [7, 11) is 0. The fraction of sp³-hybridized carbons (Fsp3) is 0.0435. The highest BCUT2D eigenvalue weighted by Crippen LogP contribution is 2.26. The van der Waals surface area contributed by atoms with E-state index >= 15 is 0 Å². The van der Waals surface area contributed by atoms with Crippen molar-refractivity contribution in [2.24, 2.45) is 0 Å². The van der Waals surface area contributed by atoms with Gasteiger partial charge in [-0.1, -0.05) is 47.5 Å². The zero-order valence-electron chi connectivity index (χ0n) is 15.6. The molecule has 4 rings (SSSR count). The molecule has 0 bridgehead atoms. The minimum absolute atomic E-state index is 0.231. The number of halogens is 2. The Morgan fingerprint density at radius 3 is 2.41 bits per heavy atom. The molecule has 0 aliphatic carbocycles. The van der Waals surface area contributed by atoms with E-state index in [9.17, 15) is 9.18 Å². The second kappa shape index (κ2) is 7.89. The lowest BCUT2D eigenvalue weighted by molar-refractivity contribution is 0.102. The molecule has 6 heteroatoms. The molecule has 144 valence electrons. The number of hydrogen-bond donors (Lipinski definition) is 1. The maximum absolute atomic E-state index is 13.5. The largest absolute Gasteiger partial charge is 0.306 e. The molecule has 0 aliphatic heterocycles. The molecule has 0 atom stereocenters. The maximum atomic E-state index is 13.5. The van der Waals surface area contributed by atoms with Gasteiger partial charge in [0.15, 0.2) is 0 Å². The fourth-order valence-electron chi connectivity index (χ4n) is 2.93. The molecule has 4 aromatic rings. The third kappa shape index (κ3) is 4.20. The Morgan fingerprint density at radius 1 is 1.00 bits per heavy atom. The number of carbonyl (C=O) groups is 1. The first kappa shape index (κ1) is 18.9. The van der Waals surface area contributed by atoms with Gasteiger partial charge in [0, 0.05) is 22.2 Å². The number of carbonyl (C=O) groups excluding carboxylic acids is 1. The van der Waals surface area contributed by atoms with Gasteiger partial charge in [-0.05, 0) is 49.4 Å². The Bertz CT molecular complexity index is 1170. The minimum Gasteiger partial charge on any atom is -0.306 e. The molecule has 1 amide bonds. The molecule has 4 nitrogen and oxygen atoms in total. The average Bonchev–Trinajstić information content (AvgIpc) is 3.13. The fourth-order valence-corrected chi connectivity index (χ4v) is 3.06. The van der Waals surface area contributed by atoms with E-state index in [4.69, 9.17) is 11.6 Å². The Balaban J connectivity index is 1.75. The van der Waals surface area contributed by atoms with Crippen molar-refractivity contribution in [2.45, 2.75) is 6.92 Å². The molecule has 1 heterocycles. The van der Waals surface area contributed by atoms with Crippen LogP contribution in [0.25, 0.3) is 16.9 Å². The van der Waals surface area contributed by atoms with Crippen molar-refractivity contribution in [3.63, 3.8) is 0 Å². The first-order chi connectivity index (χ1) is 14.0. The highest BCUT2D eigenvalue weighted by Gasteiger charge is 2.15. The number of aromatic nitrogens is 2. The van der Waals surface area contributed by atoms with Crippen LogP contribution >= 0.6 is 11.6 Å². The molecule has 3 aromatic carbocycles. The van der Waals surface area contributed by atoms with E-state index in [0.717, 1.165) is 16.8 Å². The Hall–Kier alpha value is -3.44. The van der Waals surface area contributed by atoms with E-state index in [0.29, 0.717) is 16.5 Å². The number of nitrogens with one attached hydrogen (secondary N) is 1. The van der Waals surface area contributed by atoms with Gasteiger partial charge in [0.1, 0.15) is 11.6 Å². The highest BCUT2D eigenvalue weighted by atomic mass is 35.5. The number of nitrogens with zero attached hydrogens (tertiary/aromatic N) is 2. The van der Waals surface area contributed by atoms with Crippen LogP contribution in [0, 0.1) is 12.7 Å². The second-order valence-electron chi connectivity index (χ2n) is 6.63. The van der Waals surface area contributed by atoms with Crippen LogP contribution in [-0.2, 0) is 0 Å². The van der Waals surface area contributed by atoms with Crippen LogP contribution in [0.3, 0.4) is 0 Å². The number of benzene rings is 3. The number of rotatable bonds is 4. The van der Waals surface area contributed by atoms with Crippen molar-refractivity contribution in [2.75, 3.05) is 5.32 Å². The lowest BCUT2D eigenvalue weighted by Gasteiger charge is -2.09. The van der Waals surface area contributed by atoms with Gasteiger partial charge in [0.2, 0.25) is 0 Å².